The van der Waals surface area contributed by atoms with Gasteiger partial charge in [0.05, 0.1) is 5.69 Å². The van der Waals surface area contributed by atoms with Gasteiger partial charge in [0.2, 0.25) is 5.91 Å². The van der Waals surface area contributed by atoms with Crippen LogP contribution < -0.4 is 10.6 Å². The van der Waals surface area contributed by atoms with Gasteiger partial charge in [-0.1, -0.05) is 18.2 Å². The van der Waals surface area contributed by atoms with Crippen molar-refractivity contribution >= 4 is 28.1 Å². The van der Waals surface area contributed by atoms with E-state index in [0.29, 0.717) is 23.9 Å². The second-order valence-electron chi connectivity index (χ2n) is 6.39. The zero-order chi connectivity index (χ0) is 16.9. The van der Waals surface area contributed by atoms with Crippen LogP contribution in [0.4, 0.5) is 10.8 Å². The van der Waals surface area contributed by atoms with Gasteiger partial charge in [0.15, 0.2) is 5.13 Å². The van der Waals surface area contributed by atoms with Crippen LogP contribution in [0.2, 0.25) is 0 Å². The molecule has 128 valence electrons. The number of thiazole rings is 1. The number of para-hydroxylation sites is 1. The number of hydrogen-bond donors (Lipinski definition) is 1. The van der Waals surface area contributed by atoms with Crippen molar-refractivity contribution in [1.82, 2.24) is 9.88 Å². The minimum atomic E-state index is 0.180. The summed E-state index contributed by atoms with van der Waals surface area (Å²) in [6, 6.07) is 10.5. The van der Waals surface area contributed by atoms with E-state index < -0.39 is 0 Å². The van der Waals surface area contributed by atoms with Gasteiger partial charge in [-0.05, 0) is 30.9 Å². The molecule has 1 aliphatic heterocycles. The molecule has 1 fully saturated rings. The molecule has 1 unspecified atom stereocenters. The van der Waals surface area contributed by atoms with E-state index in [2.05, 4.69) is 34.1 Å². The number of nitrogens with two attached hydrogens (primary N) is 1. The Kier molecular flexibility index (Phi) is 5.35. The molecule has 0 saturated carbocycles. The van der Waals surface area contributed by atoms with Crippen LogP contribution in [0, 0.1) is 5.92 Å². The lowest BCUT2D eigenvalue weighted by molar-refractivity contribution is -0.130. The minimum absolute atomic E-state index is 0.180. The number of carbonyl (C=O) groups excluding carboxylic acids is 1. The highest BCUT2D eigenvalue weighted by Gasteiger charge is 2.25. The van der Waals surface area contributed by atoms with Gasteiger partial charge in [-0.15, -0.1) is 11.3 Å². The third-order valence-electron chi connectivity index (χ3n) is 4.53. The molecule has 0 bridgehead atoms. The maximum Gasteiger partial charge on any atom is 0.222 e. The number of hydrogen-bond acceptors (Lipinski definition) is 5. The van der Waals surface area contributed by atoms with Crippen LogP contribution in [0.3, 0.4) is 0 Å². The summed E-state index contributed by atoms with van der Waals surface area (Å²) in [5.74, 6) is 0.716. The van der Waals surface area contributed by atoms with E-state index >= 15 is 0 Å². The smallest absolute Gasteiger partial charge is 0.222 e. The van der Waals surface area contributed by atoms with Crippen LogP contribution >= 0.6 is 11.3 Å². The monoisotopic (exact) mass is 344 g/mol. The SMILES string of the molecule is CN(CC1CCN(c2ccccc2)C1)C(=O)CCc1csc(N)n1. The first-order chi connectivity index (χ1) is 11.6. The van der Waals surface area contributed by atoms with E-state index in [1.807, 2.05) is 23.4 Å². The maximum absolute atomic E-state index is 12.3. The number of amides is 1. The largest absolute Gasteiger partial charge is 0.375 e. The zero-order valence-corrected chi connectivity index (χ0v) is 14.8. The average molecular weight is 344 g/mol. The molecule has 5 nitrogen and oxygen atoms in total. The molecule has 2 N–H and O–H groups in total. The molecule has 3 rings (SSSR count). The Morgan fingerprint density at radius 3 is 2.92 bits per heavy atom. The fourth-order valence-electron chi connectivity index (χ4n) is 3.21. The molecule has 1 amide bonds. The number of benzene rings is 1. The fourth-order valence-corrected chi connectivity index (χ4v) is 3.80. The predicted molar refractivity (Wildman–Crippen MR) is 99.2 cm³/mol. The highest BCUT2D eigenvalue weighted by molar-refractivity contribution is 7.13. The van der Waals surface area contributed by atoms with Crippen LogP contribution in [0.25, 0.3) is 0 Å². The van der Waals surface area contributed by atoms with Gasteiger partial charge in [-0.3, -0.25) is 4.79 Å². The molecule has 1 aromatic carbocycles. The number of rotatable bonds is 6. The zero-order valence-electron chi connectivity index (χ0n) is 14.0. The van der Waals surface area contributed by atoms with Gasteiger partial charge >= 0.3 is 0 Å². The van der Waals surface area contributed by atoms with Crippen LogP contribution in [0.15, 0.2) is 35.7 Å². The highest BCUT2D eigenvalue weighted by atomic mass is 32.1. The van der Waals surface area contributed by atoms with Crippen LogP contribution in [0.1, 0.15) is 18.5 Å². The van der Waals surface area contributed by atoms with Crippen molar-refractivity contribution in [2.75, 3.05) is 37.3 Å². The molecule has 1 aliphatic rings. The summed E-state index contributed by atoms with van der Waals surface area (Å²) in [5.41, 5.74) is 7.81. The van der Waals surface area contributed by atoms with Crippen LogP contribution in [0.5, 0.6) is 0 Å². The van der Waals surface area contributed by atoms with Gasteiger partial charge in [-0.2, -0.15) is 0 Å². The van der Waals surface area contributed by atoms with Crippen molar-refractivity contribution in [2.24, 2.45) is 5.92 Å². The molecule has 24 heavy (non-hydrogen) atoms. The van der Waals surface area contributed by atoms with Gasteiger partial charge in [0, 0.05) is 44.2 Å². The summed E-state index contributed by atoms with van der Waals surface area (Å²) < 4.78 is 0. The molecular formula is C18H24N4OS. The standard InChI is InChI=1S/C18H24N4OS/c1-21(17(23)8-7-15-13-24-18(19)20-15)11-14-9-10-22(12-14)16-5-3-2-4-6-16/h2-6,13-14H,7-12H2,1H3,(H2,19,20). The van der Waals surface area contributed by atoms with E-state index in [-0.39, 0.29) is 5.91 Å². The number of nitrogens with zero attached hydrogens (tertiary/aromatic N) is 3. The van der Waals surface area contributed by atoms with Crippen LogP contribution in [-0.4, -0.2) is 42.5 Å². The normalized spacial score (nSPS) is 17.2. The molecule has 0 radical (unpaired) electrons. The van der Waals surface area contributed by atoms with Gasteiger partial charge in [-0.25, -0.2) is 4.98 Å². The summed E-state index contributed by atoms with van der Waals surface area (Å²) in [6.45, 7) is 2.90. The lowest BCUT2D eigenvalue weighted by Crippen LogP contribution is -2.33. The maximum atomic E-state index is 12.3. The molecule has 1 aromatic heterocycles. The fraction of sp³-hybridized carbons (Fsp3) is 0.444. The van der Waals surface area contributed by atoms with E-state index in [0.717, 1.165) is 31.7 Å². The topological polar surface area (TPSA) is 62.5 Å². The lowest BCUT2D eigenvalue weighted by atomic mass is 10.1. The van der Waals surface area contributed by atoms with Crippen molar-refractivity contribution in [2.45, 2.75) is 19.3 Å². The second-order valence-corrected chi connectivity index (χ2v) is 7.28. The van der Waals surface area contributed by atoms with E-state index in [1.165, 1.54) is 17.0 Å². The molecular weight excluding hydrogens is 320 g/mol. The lowest BCUT2D eigenvalue weighted by Gasteiger charge is -2.22. The first-order valence-electron chi connectivity index (χ1n) is 8.35. The number of anilines is 2. The predicted octanol–water partition coefficient (Wildman–Crippen LogP) is 2.64. The van der Waals surface area contributed by atoms with Crippen LogP contribution in [-0.2, 0) is 11.2 Å². The summed E-state index contributed by atoms with van der Waals surface area (Å²) in [4.78, 5) is 20.8. The molecule has 6 heteroatoms. The van der Waals surface area contributed by atoms with Gasteiger partial charge < -0.3 is 15.5 Å². The Bertz CT molecular complexity index is 673. The molecule has 0 spiro atoms. The first kappa shape index (κ1) is 16.8. The first-order valence-corrected chi connectivity index (χ1v) is 9.23. The number of aromatic nitrogens is 1. The summed E-state index contributed by atoms with van der Waals surface area (Å²) in [6.07, 6.45) is 2.29. The van der Waals surface area contributed by atoms with Crippen molar-refractivity contribution in [3.05, 3.63) is 41.4 Å². The van der Waals surface area contributed by atoms with Crippen molar-refractivity contribution in [1.29, 1.82) is 0 Å². The molecule has 2 heterocycles. The quantitative estimate of drug-likeness (QED) is 0.875. The highest BCUT2D eigenvalue weighted by Crippen LogP contribution is 2.24. The summed E-state index contributed by atoms with van der Waals surface area (Å²) in [7, 11) is 1.91. The molecule has 1 atom stereocenters. The third kappa shape index (κ3) is 4.26. The minimum Gasteiger partial charge on any atom is -0.375 e. The molecule has 0 aliphatic carbocycles. The van der Waals surface area contributed by atoms with Crippen molar-refractivity contribution in [3.8, 4) is 0 Å². The number of carbonyl (C=O) groups is 1. The third-order valence-corrected chi connectivity index (χ3v) is 5.25. The van der Waals surface area contributed by atoms with Gasteiger partial charge in [0.1, 0.15) is 0 Å². The Morgan fingerprint density at radius 2 is 2.21 bits per heavy atom. The second kappa shape index (κ2) is 7.66. The Balaban J connectivity index is 1.44. The van der Waals surface area contributed by atoms with Crippen molar-refractivity contribution < 1.29 is 4.79 Å². The molecule has 1 saturated heterocycles. The Labute approximate surface area is 147 Å². The molecule has 2 aromatic rings. The van der Waals surface area contributed by atoms with Gasteiger partial charge in [0.25, 0.3) is 0 Å². The van der Waals surface area contributed by atoms with Crippen molar-refractivity contribution in [3.63, 3.8) is 0 Å². The average Bonchev–Trinajstić information content (AvgIpc) is 3.22. The van der Waals surface area contributed by atoms with E-state index in [9.17, 15) is 4.79 Å². The summed E-state index contributed by atoms with van der Waals surface area (Å²) in [5, 5.41) is 2.50. The summed E-state index contributed by atoms with van der Waals surface area (Å²) >= 11 is 1.42. The van der Waals surface area contributed by atoms with E-state index in [1.54, 1.807) is 0 Å². The number of aryl methyl sites for hydroxylation is 1. The number of nitrogen functional groups attached to an aromatic ring is 1. The Morgan fingerprint density at radius 1 is 1.42 bits per heavy atom. The van der Waals surface area contributed by atoms with E-state index in [4.69, 9.17) is 5.73 Å². The Hall–Kier alpha value is -2.08.